The van der Waals surface area contributed by atoms with Gasteiger partial charge in [-0.3, -0.25) is 24.0 Å². The third-order valence-electron chi connectivity index (χ3n) is 10.9. The maximum atomic E-state index is 14.7. The number of ether oxygens (including phenoxy) is 2. The van der Waals surface area contributed by atoms with Gasteiger partial charge in [-0.2, -0.15) is 5.26 Å². The lowest BCUT2D eigenvalue weighted by Gasteiger charge is -2.33. The van der Waals surface area contributed by atoms with E-state index in [4.69, 9.17) is 31.9 Å². The Morgan fingerprint density at radius 3 is 2.18 bits per heavy atom. The van der Waals surface area contributed by atoms with Gasteiger partial charge in [0.2, 0.25) is 23.6 Å². The number of hydrogen-bond acceptors (Lipinski definition) is 14. The van der Waals surface area contributed by atoms with E-state index < -0.39 is 60.3 Å². The molecule has 3 aromatic carbocycles. The van der Waals surface area contributed by atoms with Crippen molar-refractivity contribution in [1.29, 1.82) is 5.26 Å². The van der Waals surface area contributed by atoms with Gasteiger partial charge in [-0.25, -0.2) is 9.97 Å². The number of likely N-dealkylation sites (N-methyl/N-ethyl adjacent to an activating group) is 1. The van der Waals surface area contributed by atoms with Crippen LogP contribution in [0.25, 0.3) is 22.5 Å². The molecule has 66 heavy (non-hydrogen) atoms. The Kier molecular flexibility index (Phi) is 17.3. The van der Waals surface area contributed by atoms with E-state index in [1.54, 1.807) is 43.3 Å². The van der Waals surface area contributed by atoms with E-state index >= 15 is 0 Å². The number of hydrogen-bond donors (Lipinski definition) is 8. The van der Waals surface area contributed by atoms with Crippen LogP contribution in [0.1, 0.15) is 66.0 Å². The van der Waals surface area contributed by atoms with Crippen LogP contribution in [0.5, 0.6) is 11.5 Å². The van der Waals surface area contributed by atoms with Crippen LogP contribution in [0.3, 0.4) is 0 Å². The number of carbonyl (C=O) groups excluding carboxylic acids is 5. The molecule has 0 saturated carbocycles. The van der Waals surface area contributed by atoms with E-state index in [1.165, 1.54) is 13.2 Å². The molecular weight excluding hydrogens is 847 g/mol. The van der Waals surface area contributed by atoms with Gasteiger partial charge in [0.25, 0.3) is 5.91 Å². The highest BCUT2D eigenvalue weighted by molar-refractivity contribution is 6.00. The predicted octanol–water partition coefficient (Wildman–Crippen LogP) is 0.896. The maximum Gasteiger partial charge on any atom is 0.255 e. The van der Waals surface area contributed by atoms with Crippen molar-refractivity contribution in [2.45, 2.75) is 70.1 Å². The van der Waals surface area contributed by atoms with E-state index in [0.717, 1.165) is 16.0 Å². The number of aromatic nitrogens is 2. The van der Waals surface area contributed by atoms with Gasteiger partial charge in [-0.05, 0) is 66.3 Å². The summed E-state index contributed by atoms with van der Waals surface area (Å²) in [6.07, 6.45) is 1.27. The van der Waals surface area contributed by atoms with E-state index in [-0.39, 0.29) is 68.8 Å². The minimum atomic E-state index is -1.60. The molecule has 5 rings (SSSR count). The molecule has 4 aromatic rings. The molecular formula is C47H59N11O8. The van der Waals surface area contributed by atoms with Crippen LogP contribution in [0, 0.1) is 18.3 Å². The van der Waals surface area contributed by atoms with Crippen LogP contribution in [-0.2, 0) is 31.0 Å². The largest absolute Gasteiger partial charge is 0.492 e. The smallest absolute Gasteiger partial charge is 0.255 e. The molecule has 0 unspecified atom stereocenters. The fourth-order valence-electron chi connectivity index (χ4n) is 7.38. The number of aryl methyl sites for hydroxylation is 1. The zero-order chi connectivity index (χ0) is 48.1. The van der Waals surface area contributed by atoms with Gasteiger partial charge in [0.05, 0.1) is 23.9 Å². The molecule has 2 heterocycles. The van der Waals surface area contributed by atoms with E-state index in [0.29, 0.717) is 39.7 Å². The topological polar surface area (TPSA) is 303 Å². The van der Waals surface area contributed by atoms with Crippen LogP contribution in [0.15, 0.2) is 66.9 Å². The Hall–Kier alpha value is -6.98. The standard InChI is InChI=1S/C47H59N11O8/c1-27-34(25-53-41(54-27)29-7-10-31(11-8-29)47(2,3)4)42(60)55-35(14-15-48)46(64)58(5)40-30-9-13-39(66-21-18-51)33(24-30)32-22-28(6-12-38(32)65-20-17-50)23-36(43(61)52-19-16-49)56-44(62)37(26-59)57-45(40)63/h6-13,22,24-25,35-37,40,59H,14-15,17-21,23,26,48,50-51H2,1-5H3,(H,52,61)(H,55,60)(H,56,62)(H,57,63)/t35-,36-,37-,40-/m0/s1. The van der Waals surface area contributed by atoms with Crippen molar-refractivity contribution in [3.8, 4) is 40.1 Å². The Labute approximate surface area is 383 Å². The second kappa shape index (κ2) is 22.8. The van der Waals surface area contributed by atoms with Crippen molar-refractivity contribution in [3.05, 3.63) is 94.8 Å². The first-order valence-electron chi connectivity index (χ1n) is 21.6. The quantitative estimate of drug-likeness (QED) is 0.0725. The van der Waals surface area contributed by atoms with E-state index in [2.05, 4.69) is 52.0 Å². The van der Waals surface area contributed by atoms with Crippen LogP contribution in [0.2, 0.25) is 0 Å². The molecule has 350 valence electrons. The summed E-state index contributed by atoms with van der Waals surface area (Å²) >= 11 is 0. The molecule has 11 N–H and O–H groups in total. The lowest BCUT2D eigenvalue weighted by Crippen LogP contribution is -2.57. The fraction of sp³-hybridized carbons (Fsp3) is 0.404. The van der Waals surface area contributed by atoms with Gasteiger partial charge in [0, 0.05) is 49.4 Å². The minimum Gasteiger partial charge on any atom is -0.492 e. The SMILES string of the molecule is Cc1nc(-c2ccc(C(C)(C)C)cc2)ncc1C(=O)N[C@@H](CCN)C(=O)N(C)[C@@H]1C(=O)N[C@@H](CO)C(=O)N[C@H](C(=O)NCC#N)Cc2ccc(OCCN)c(c2)-c2cc1ccc2OCCN. The van der Waals surface area contributed by atoms with Crippen molar-refractivity contribution >= 4 is 29.5 Å². The molecule has 19 nitrogen and oxygen atoms in total. The van der Waals surface area contributed by atoms with Crippen LogP contribution < -0.4 is 47.9 Å². The molecule has 0 fully saturated rings. The lowest BCUT2D eigenvalue weighted by molar-refractivity contribution is -0.142. The summed E-state index contributed by atoms with van der Waals surface area (Å²) in [5, 5.41) is 30.0. The number of fused-ring (bicyclic) bond motifs is 5. The average molecular weight is 906 g/mol. The van der Waals surface area contributed by atoms with Crippen molar-refractivity contribution in [2.24, 2.45) is 17.2 Å². The molecule has 4 bridgehead atoms. The summed E-state index contributed by atoms with van der Waals surface area (Å²) in [6, 6.07) is 13.9. The Morgan fingerprint density at radius 2 is 1.59 bits per heavy atom. The molecule has 0 saturated heterocycles. The van der Waals surface area contributed by atoms with Crippen LogP contribution in [0.4, 0.5) is 0 Å². The normalized spacial score (nSPS) is 16.6. The summed E-state index contributed by atoms with van der Waals surface area (Å²) < 4.78 is 12.1. The third kappa shape index (κ3) is 12.2. The number of aliphatic hydroxyl groups excluding tert-OH is 1. The van der Waals surface area contributed by atoms with E-state index in [9.17, 15) is 29.1 Å². The van der Waals surface area contributed by atoms with Gasteiger partial charge in [-0.1, -0.05) is 57.2 Å². The highest BCUT2D eigenvalue weighted by Crippen LogP contribution is 2.40. The minimum absolute atomic E-state index is 0.0323. The molecule has 1 aliphatic rings. The molecule has 5 amide bonds. The number of carbonyl (C=O) groups is 5. The monoisotopic (exact) mass is 905 g/mol. The highest BCUT2D eigenvalue weighted by Gasteiger charge is 2.37. The molecule has 0 aliphatic carbocycles. The van der Waals surface area contributed by atoms with Crippen molar-refractivity contribution in [2.75, 3.05) is 53.0 Å². The van der Waals surface area contributed by atoms with Crippen molar-refractivity contribution in [3.63, 3.8) is 0 Å². The highest BCUT2D eigenvalue weighted by atomic mass is 16.5. The van der Waals surface area contributed by atoms with Crippen molar-refractivity contribution in [1.82, 2.24) is 36.1 Å². The predicted molar refractivity (Wildman–Crippen MR) is 246 cm³/mol. The molecule has 4 atom stereocenters. The number of nitrogens with one attached hydrogen (secondary N) is 4. The average Bonchev–Trinajstić information content (AvgIpc) is 3.30. The Bertz CT molecular complexity index is 2430. The van der Waals surface area contributed by atoms with Crippen LogP contribution >= 0.6 is 0 Å². The Morgan fingerprint density at radius 1 is 0.939 bits per heavy atom. The maximum absolute atomic E-state index is 14.7. The van der Waals surface area contributed by atoms with Gasteiger partial charge < -0.3 is 57.9 Å². The second-order valence-corrected chi connectivity index (χ2v) is 16.7. The zero-order valence-corrected chi connectivity index (χ0v) is 37.9. The molecule has 0 radical (unpaired) electrons. The number of benzene rings is 3. The molecule has 0 spiro atoms. The molecule has 1 aliphatic heterocycles. The first-order valence-corrected chi connectivity index (χ1v) is 21.6. The van der Waals surface area contributed by atoms with Gasteiger partial charge in [-0.15, -0.1) is 0 Å². The van der Waals surface area contributed by atoms with Crippen molar-refractivity contribution < 1.29 is 38.6 Å². The third-order valence-corrected chi connectivity index (χ3v) is 10.9. The van der Waals surface area contributed by atoms with Gasteiger partial charge >= 0.3 is 0 Å². The summed E-state index contributed by atoms with van der Waals surface area (Å²) in [5.74, 6) is -2.77. The fourth-order valence-corrected chi connectivity index (χ4v) is 7.38. The van der Waals surface area contributed by atoms with Gasteiger partial charge in [0.15, 0.2) is 5.82 Å². The summed E-state index contributed by atoms with van der Waals surface area (Å²) in [5.41, 5.74) is 21.6. The first-order chi connectivity index (χ1) is 31.5. The zero-order valence-electron chi connectivity index (χ0n) is 37.9. The number of rotatable bonds is 16. The van der Waals surface area contributed by atoms with Gasteiger partial charge in [0.1, 0.15) is 55.4 Å². The number of nitriles is 1. The number of nitrogens with two attached hydrogens (primary N) is 3. The number of nitrogens with zero attached hydrogens (tertiary/aromatic N) is 4. The summed E-state index contributed by atoms with van der Waals surface area (Å²) in [7, 11) is 1.36. The second-order valence-electron chi connectivity index (χ2n) is 16.7. The number of amides is 5. The number of aliphatic hydroxyl groups is 1. The summed E-state index contributed by atoms with van der Waals surface area (Å²) in [6.45, 7) is 7.30. The molecule has 19 heteroatoms. The Balaban J connectivity index is 1.57. The summed E-state index contributed by atoms with van der Waals surface area (Å²) in [4.78, 5) is 80.5. The molecule has 1 aromatic heterocycles. The first kappa shape index (κ1) is 50.0. The van der Waals surface area contributed by atoms with Crippen LogP contribution in [-0.4, -0.2) is 121 Å². The lowest BCUT2D eigenvalue weighted by atomic mass is 9.87. The van der Waals surface area contributed by atoms with E-state index in [1.807, 2.05) is 30.3 Å².